The van der Waals surface area contributed by atoms with Crippen molar-refractivity contribution in [2.75, 3.05) is 30.9 Å². The van der Waals surface area contributed by atoms with E-state index in [9.17, 15) is 0 Å². The number of ether oxygens (including phenoxy) is 1. The molecular weight excluding hydrogens is 216 g/mol. The maximum atomic E-state index is 5.82. The van der Waals surface area contributed by atoms with E-state index in [4.69, 9.17) is 10.5 Å². The molecule has 2 rings (SSSR count). The van der Waals surface area contributed by atoms with E-state index in [1.807, 2.05) is 13.1 Å². The van der Waals surface area contributed by atoms with Crippen LogP contribution in [0, 0.1) is 0 Å². The summed E-state index contributed by atoms with van der Waals surface area (Å²) in [5.74, 6) is 2.27. The van der Waals surface area contributed by atoms with Gasteiger partial charge in [-0.15, -0.1) is 0 Å². The van der Waals surface area contributed by atoms with Gasteiger partial charge in [0.15, 0.2) is 0 Å². The second-order valence-corrected chi connectivity index (χ2v) is 4.45. The van der Waals surface area contributed by atoms with Crippen molar-refractivity contribution in [3.63, 3.8) is 0 Å². The van der Waals surface area contributed by atoms with Gasteiger partial charge in [0.05, 0.1) is 12.6 Å². The minimum atomic E-state index is 0.402. The lowest BCUT2D eigenvalue weighted by Crippen LogP contribution is -2.32. The standard InChI is InChI=1S/C12H20N4O/c1-3-4-11-14-10(13)7-12(15-11)16(2)9-5-6-17-8-9/h7,9H,3-6,8H2,1-2H3,(H2,13,14,15). The number of aromatic nitrogens is 2. The highest BCUT2D eigenvalue weighted by molar-refractivity contribution is 5.47. The number of likely N-dealkylation sites (N-methyl/N-ethyl adjacent to an activating group) is 1. The summed E-state index contributed by atoms with van der Waals surface area (Å²) < 4.78 is 5.39. The molecule has 1 aromatic heterocycles. The molecule has 1 aliphatic heterocycles. The molecule has 1 saturated heterocycles. The van der Waals surface area contributed by atoms with E-state index in [1.165, 1.54) is 0 Å². The second kappa shape index (κ2) is 5.31. The summed E-state index contributed by atoms with van der Waals surface area (Å²) in [5.41, 5.74) is 5.82. The average Bonchev–Trinajstić information content (AvgIpc) is 2.81. The van der Waals surface area contributed by atoms with Crippen molar-refractivity contribution in [3.05, 3.63) is 11.9 Å². The fourth-order valence-electron chi connectivity index (χ4n) is 2.03. The predicted molar refractivity (Wildman–Crippen MR) is 68.1 cm³/mol. The van der Waals surface area contributed by atoms with Gasteiger partial charge in [-0.05, 0) is 12.8 Å². The molecule has 0 bridgehead atoms. The minimum Gasteiger partial charge on any atom is -0.384 e. The molecule has 0 spiro atoms. The molecule has 0 amide bonds. The van der Waals surface area contributed by atoms with Gasteiger partial charge in [-0.1, -0.05) is 6.92 Å². The van der Waals surface area contributed by atoms with Crippen LogP contribution in [0.25, 0.3) is 0 Å². The number of nitrogens with zero attached hydrogens (tertiary/aromatic N) is 3. The topological polar surface area (TPSA) is 64.3 Å². The van der Waals surface area contributed by atoms with Gasteiger partial charge in [0.1, 0.15) is 17.5 Å². The number of hydrogen-bond donors (Lipinski definition) is 1. The van der Waals surface area contributed by atoms with E-state index in [0.29, 0.717) is 11.9 Å². The van der Waals surface area contributed by atoms with Gasteiger partial charge in [-0.2, -0.15) is 0 Å². The summed E-state index contributed by atoms with van der Waals surface area (Å²) >= 11 is 0. The maximum Gasteiger partial charge on any atom is 0.134 e. The molecule has 5 heteroatoms. The van der Waals surface area contributed by atoms with E-state index in [0.717, 1.165) is 44.1 Å². The molecule has 1 aromatic rings. The van der Waals surface area contributed by atoms with Gasteiger partial charge in [0.25, 0.3) is 0 Å². The third-order valence-electron chi connectivity index (χ3n) is 3.07. The Bertz CT molecular complexity index is 377. The van der Waals surface area contributed by atoms with Crippen LogP contribution in [0.15, 0.2) is 6.07 Å². The van der Waals surface area contributed by atoms with Crippen LogP contribution in [-0.4, -0.2) is 36.3 Å². The smallest absolute Gasteiger partial charge is 0.134 e. The molecule has 0 saturated carbocycles. The highest BCUT2D eigenvalue weighted by Crippen LogP contribution is 2.20. The minimum absolute atomic E-state index is 0.402. The number of nitrogens with two attached hydrogens (primary N) is 1. The lowest BCUT2D eigenvalue weighted by atomic mass is 10.2. The molecule has 1 aliphatic rings. The lowest BCUT2D eigenvalue weighted by Gasteiger charge is -2.24. The second-order valence-electron chi connectivity index (χ2n) is 4.45. The normalized spacial score (nSPS) is 19.5. The van der Waals surface area contributed by atoms with Crippen molar-refractivity contribution in [3.8, 4) is 0 Å². The third-order valence-corrected chi connectivity index (χ3v) is 3.07. The van der Waals surface area contributed by atoms with Gasteiger partial charge in [0.2, 0.25) is 0 Å². The van der Waals surface area contributed by atoms with Crippen LogP contribution < -0.4 is 10.6 Å². The highest BCUT2D eigenvalue weighted by Gasteiger charge is 2.21. The molecule has 0 radical (unpaired) electrons. The Hall–Kier alpha value is -1.36. The van der Waals surface area contributed by atoms with Gasteiger partial charge in [0, 0.05) is 26.1 Å². The lowest BCUT2D eigenvalue weighted by molar-refractivity contribution is 0.193. The summed E-state index contributed by atoms with van der Waals surface area (Å²) in [4.78, 5) is 10.9. The van der Waals surface area contributed by atoms with E-state index >= 15 is 0 Å². The van der Waals surface area contributed by atoms with Crippen LogP contribution in [0.1, 0.15) is 25.6 Å². The summed E-state index contributed by atoms with van der Waals surface area (Å²) in [5, 5.41) is 0. The summed E-state index contributed by atoms with van der Waals surface area (Å²) in [6.45, 7) is 3.71. The molecule has 94 valence electrons. The van der Waals surface area contributed by atoms with E-state index in [1.54, 1.807) is 0 Å². The fraction of sp³-hybridized carbons (Fsp3) is 0.667. The SMILES string of the molecule is CCCc1nc(N)cc(N(C)C2CCOC2)n1. The van der Waals surface area contributed by atoms with Gasteiger partial charge in [-0.3, -0.25) is 0 Å². The molecule has 2 N–H and O–H groups in total. The van der Waals surface area contributed by atoms with Gasteiger partial charge in [-0.25, -0.2) is 9.97 Å². The van der Waals surface area contributed by atoms with Gasteiger partial charge < -0.3 is 15.4 Å². The van der Waals surface area contributed by atoms with Crippen molar-refractivity contribution in [1.29, 1.82) is 0 Å². The predicted octanol–water partition coefficient (Wildman–Crippen LogP) is 1.24. The first-order valence-corrected chi connectivity index (χ1v) is 6.14. The molecule has 5 nitrogen and oxygen atoms in total. The molecular formula is C12H20N4O. The van der Waals surface area contributed by atoms with Crippen molar-refractivity contribution >= 4 is 11.6 Å². The van der Waals surface area contributed by atoms with Crippen LogP contribution in [-0.2, 0) is 11.2 Å². The number of anilines is 2. The zero-order chi connectivity index (χ0) is 12.3. The molecule has 1 fully saturated rings. The van der Waals surface area contributed by atoms with Crippen LogP contribution in [0.2, 0.25) is 0 Å². The number of nitrogen functional groups attached to an aromatic ring is 1. The number of rotatable bonds is 4. The molecule has 17 heavy (non-hydrogen) atoms. The van der Waals surface area contributed by atoms with Crippen LogP contribution in [0.3, 0.4) is 0 Å². The van der Waals surface area contributed by atoms with Crippen molar-refractivity contribution < 1.29 is 4.74 Å². The third kappa shape index (κ3) is 2.85. The molecule has 0 aromatic carbocycles. The Morgan fingerprint density at radius 2 is 2.35 bits per heavy atom. The molecule has 1 atom stereocenters. The van der Waals surface area contributed by atoms with E-state index in [2.05, 4.69) is 21.8 Å². The largest absolute Gasteiger partial charge is 0.384 e. The molecule has 0 aliphatic carbocycles. The Kier molecular flexibility index (Phi) is 3.78. The van der Waals surface area contributed by atoms with Crippen LogP contribution in [0.5, 0.6) is 0 Å². The Morgan fingerprint density at radius 3 is 3.00 bits per heavy atom. The first kappa shape index (κ1) is 12.1. The quantitative estimate of drug-likeness (QED) is 0.852. The maximum absolute atomic E-state index is 5.82. The number of hydrogen-bond acceptors (Lipinski definition) is 5. The first-order valence-electron chi connectivity index (χ1n) is 6.14. The Morgan fingerprint density at radius 1 is 1.53 bits per heavy atom. The number of aryl methyl sites for hydroxylation is 1. The monoisotopic (exact) mass is 236 g/mol. The van der Waals surface area contributed by atoms with Crippen molar-refractivity contribution in [2.24, 2.45) is 0 Å². The summed E-state index contributed by atoms with van der Waals surface area (Å²) in [7, 11) is 2.04. The Labute approximate surface area is 102 Å². The zero-order valence-corrected chi connectivity index (χ0v) is 10.5. The molecule has 2 heterocycles. The van der Waals surface area contributed by atoms with Gasteiger partial charge >= 0.3 is 0 Å². The highest BCUT2D eigenvalue weighted by atomic mass is 16.5. The van der Waals surface area contributed by atoms with E-state index in [-0.39, 0.29) is 0 Å². The van der Waals surface area contributed by atoms with E-state index < -0.39 is 0 Å². The van der Waals surface area contributed by atoms with Crippen molar-refractivity contribution in [2.45, 2.75) is 32.2 Å². The Balaban J connectivity index is 2.18. The first-order chi connectivity index (χ1) is 8.20. The van der Waals surface area contributed by atoms with Crippen LogP contribution >= 0.6 is 0 Å². The van der Waals surface area contributed by atoms with Crippen LogP contribution in [0.4, 0.5) is 11.6 Å². The summed E-state index contributed by atoms with van der Waals surface area (Å²) in [6, 6.07) is 2.23. The summed E-state index contributed by atoms with van der Waals surface area (Å²) in [6.07, 6.45) is 2.94. The zero-order valence-electron chi connectivity index (χ0n) is 10.5. The molecule has 1 unspecified atom stereocenters. The average molecular weight is 236 g/mol. The fourth-order valence-corrected chi connectivity index (χ4v) is 2.03. The van der Waals surface area contributed by atoms with Crippen molar-refractivity contribution in [1.82, 2.24) is 9.97 Å².